The standard InChI is InChI=1S/C15H24O2Si/c1-11-8-9-14(13(10-11)12(2)16)17-18(6,7)15(3,4)5/h8-10H,1-7H3. The second-order valence-corrected chi connectivity index (χ2v) is 11.1. The van der Waals surface area contributed by atoms with Crippen LogP contribution in [-0.2, 0) is 0 Å². The smallest absolute Gasteiger partial charge is 0.250 e. The topological polar surface area (TPSA) is 26.3 Å². The van der Waals surface area contributed by atoms with Gasteiger partial charge in [-0.3, -0.25) is 4.79 Å². The van der Waals surface area contributed by atoms with Crippen LogP contribution >= 0.6 is 0 Å². The van der Waals surface area contributed by atoms with Gasteiger partial charge in [-0.2, -0.15) is 0 Å². The van der Waals surface area contributed by atoms with Crippen molar-refractivity contribution in [1.82, 2.24) is 0 Å². The van der Waals surface area contributed by atoms with E-state index < -0.39 is 8.32 Å². The molecule has 0 radical (unpaired) electrons. The maximum Gasteiger partial charge on any atom is 0.250 e. The summed E-state index contributed by atoms with van der Waals surface area (Å²) in [5, 5.41) is 0.131. The fraction of sp³-hybridized carbons (Fsp3) is 0.533. The third-order valence-electron chi connectivity index (χ3n) is 3.69. The molecule has 0 spiro atoms. The zero-order valence-electron chi connectivity index (χ0n) is 12.5. The number of carbonyl (C=O) groups is 1. The Bertz CT molecular complexity index is 456. The molecule has 18 heavy (non-hydrogen) atoms. The molecule has 0 aliphatic carbocycles. The first-order chi connectivity index (χ1) is 8.04. The molecule has 0 unspecified atom stereocenters. The molecule has 2 nitrogen and oxygen atoms in total. The van der Waals surface area contributed by atoms with Gasteiger partial charge in [-0.05, 0) is 44.1 Å². The van der Waals surface area contributed by atoms with E-state index in [1.165, 1.54) is 0 Å². The molecule has 0 N–H and O–H groups in total. The minimum atomic E-state index is -1.89. The van der Waals surface area contributed by atoms with E-state index in [-0.39, 0.29) is 10.8 Å². The first-order valence-corrected chi connectivity index (χ1v) is 9.26. The van der Waals surface area contributed by atoms with Crippen molar-refractivity contribution in [1.29, 1.82) is 0 Å². The highest BCUT2D eigenvalue weighted by Crippen LogP contribution is 2.38. The molecule has 0 fully saturated rings. The van der Waals surface area contributed by atoms with Gasteiger partial charge in [-0.15, -0.1) is 0 Å². The van der Waals surface area contributed by atoms with Crippen LogP contribution in [0, 0.1) is 6.92 Å². The van der Waals surface area contributed by atoms with Gasteiger partial charge >= 0.3 is 0 Å². The van der Waals surface area contributed by atoms with Crippen molar-refractivity contribution in [3.8, 4) is 5.75 Å². The number of benzene rings is 1. The first kappa shape index (κ1) is 15.0. The molecule has 0 heterocycles. The van der Waals surface area contributed by atoms with E-state index in [0.717, 1.165) is 11.3 Å². The van der Waals surface area contributed by atoms with Crippen molar-refractivity contribution in [2.24, 2.45) is 0 Å². The zero-order valence-corrected chi connectivity index (χ0v) is 13.5. The summed E-state index contributed by atoms with van der Waals surface area (Å²) >= 11 is 0. The number of ketones is 1. The Balaban J connectivity index is 3.16. The average Bonchev–Trinajstić information content (AvgIpc) is 2.18. The van der Waals surface area contributed by atoms with Crippen molar-refractivity contribution < 1.29 is 9.22 Å². The molecular formula is C15H24O2Si. The number of rotatable bonds is 3. The summed E-state index contributed by atoms with van der Waals surface area (Å²) in [4.78, 5) is 11.7. The average molecular weight is 264 g/mol. The highest BCUT2D eigenvalue weighted by Gasteiger charge is 2.39. The lowest BCUT2D eigenvalue weighted by atomic mass is 10.1. The van der Waals surface area contributed by atoms with Gasteiger partial charge in [-0.1, -0.05) is 32.4 Å². The van der Waals surface area contributed by atoms with Crippen molar-refractivity contribution in [2.75, 3.05) is 0 Å². The number of aryl methyl sites for hydroxylation is 1. The van der Waals surface area contributed by atoms with Gasteiger partial charge in [-0.25, -0.2) is 0 Å². The van der Waals surface area contributed by atoms with Crippen LogP contribution < -0.4 is 4.43 Å². The third-order valence-corrected chi connectivity index (χ3v) is 8.03. The number of hydrogen-bond donors (Lipinski definition) is 0. The summed E-state index contributed by atoms with van der Waals surface area (Å²) in [6.07, 6.45) is 0. The molecule has 1 aromatic carbocycles. The molecule has 1 aromatic rings. The van der Waals surface area contributed by atoms with Gasteiger partial charge in [0.1, 0.15) is 5.75 Å². The monoisotopic (exact) mass is 264 g/mol. The van der Waals surface area contributed by atoms with Gasteiger partial charge in [0.15, 0.2) is 5.78 Å². The lowest BCUT2D eigenvalue weighted by Crippen LogP contribution is -2.44. The fourth-order valence-electron chi connectivity index (χ4n) is 1.44. The Morgan fingerprint density at radius 1 is 1.22 bits per heavy atom. The SMILES string of the molecule is CC(=O)c1cc(C)ccc1O[Si](C)(C)C(C)(C)C. The maximum absolute atomic E-state index is 11.7. The van der Waals surface area contributed by atoms with E-state index in [9.17, 15) is 4.79 Å². The highest BCUT2D eigenvalue weighted by atomic mass is 28.4. The molecule has 0 aromatic heterocycles. The van der Waals surface area contributed by atoms with Crippen LogP contribution in [0.15, 0.2) is 18.2 Å². The Morgan fingerprint density at radius 2 is 1.78 bits per heavy atom. The van der Waals surface area contributed by atoms with Gasteiger partial charge in [0, 0.05) is 0 Å². The number of hydrogen-bond acceptors (Lipinski definition) is 2. The van der Waals surface area contributed by atoms with Crippen molar-refractivity contribution in [3.63, 3.8) is 0 Å². The maximum atomic E-state index is 11.7. The van der Waals surface area contributed by atoms with Gasteiger partial charge < -0.3 is 4.43 Å². The van der Waals surface area contributed by atoms with Gasteiger partial charge in [0.25, 0.3) is 8.32 Å². The molecule has 0 amide bonds. The Labute approximate surface area is 111 Å². The molecule has 0 atom stereocenters. The van der Waals surface area contributed by atoms with Crippen molar-refractivity contribution in [2.45, 2.75) is 52.8 Å². The molecule has 0 bridgehead atoms. The van der Waals surface area contributed by atoms with E-state index in [1.807, 2.05) is 25.1 Å². The van der Waals surface area contributed by atoms with Gasteiger partial charge in [0.05, 0.1) is 5.56 Å². The van der Waals surface area contributed by atoms with Crippen molar-refractivity contribution >= 4 is 14.1 Å². The molecule has 3 heteroatoms. The predicted octanol–water partition coefficient (Wildman–Crippen LogP) is 4.58. The molecule has 0 saturated heterocycles. The lowest BCUT2D eigenvalue weighted by Gasteiger charge is -2.37. The second kappa shape index (κ2) is 4.88. The highest BCUT2D eigenvalue weighted by molar-refractivity contribution is 6.74. The van der Waals surface area contributed by atoms with E-state index >= 15 is 0 Å². The predicted molar refractivity (Wildman–Crippen MR) is 79.0 cm³/mol. The number of Topliss-reactive ketones (excluding diaryl/α,β-unsaturated/α-hetero) is 1. The van der Waals surface area contributed by atoms with Crippen LogP contribution in [0.5, 0.6) is 5.75 Å². The van der Waals surface area contributed by atoms with Crippen LogP contribution in [0.2, 0.25) is 18.1 Å². The number of carbonyl (C=O) groups excluding carboxylic acids is 1. The second-order valence-electron chi connectivity index (χ2n) is 6.42. The molecule has 0 saturated carbocycles. The summed E-state index contributed by atoms with van der Waals surface area (Å²) in [5.74, 6) is 0.798. The minimum absolute atomic E-state index is 0.0624. The van der Waals surface area contributed by atoms with Crippen LogP contribution in [0.3, 0.4) is 0 Å². The van der Waals surface area contributed by atoms with Crippen LogP contribution in [-0.4, -0.2) is 14.1 Å². The summed E-state index contributed by atoms with van der Waals surface area (Å²) in [6, 6.07) is 5.83. The fourth-order valence-corrected chi connectivity index (χ4v) is 2.47. The Morgan fingerprint density at radius 3 is 2.22 bits per heavy atom. The normalized spacial score (nSPS) is 12.4. The molecule has 0 aliphatic rings. The molecule has 100 valence electrons. The summed E-state index contributed by atoms with van der Waals surface area (Å²) < 4.78 is 6.23. The van der Waals surface area contributed by atoms with Crippen LogP contribution in [0.1, 0.15) is 43.6 Å². The van der Waals surface area contributed by atoms with Crippen LogP contribution in [0.25, 0.3) is 0 Å². The third kappa shape index (κ3) is 3.22. The lowest BCUT2D eigenvalue weighted by molar-refractivity contribution is 0.101. The largest absolute Gasteiger partial charge is 0.543 e. The Kier molecular flexibility index (Phi) is 4.06. The summed E-state index contributed by atoms with van der Waals surface area (Å²) in [6.45, 7) is 14.5. The van der Waals surface area contributed by atoms with Gasteiger partial charge in [0.2, 0.25) is 0 Å². The van der Waals surface area contributed by atoms with E-state index in [0.29, 0.717) is 5.56 Å². The first-order valence-electron chi connectivity index (χ1n) is 6.35. The summed E-state index contributed by atoms with van der Waals surface area (Å²) in [5.41, 5.74) is 1.78. The molecular weight excluding hydrogens is 240 g/mol. The minimum Gasteiger partial charge on any atom is -0.543 e. The summed E-state index contributed by atoms with van der Waals surface area (Å²) in [7, 11) is -1.89. The molecule has 1 rings (SSSR count). The molecule has 0 aliphatic heterocycles. The zero-order chi connectivity index (χ0) is 14.1. The van der Waals surface area contributed by atoms with Crippen molar-refractivity contribution in [3.05, 3.63) is 29.3 Å². The van der Waals surface area contributed by atoms with E-state index in [2.05, 4.69) is 33.9 Å². The quantitative estimate of drug-likeness (QED) is 0.590. The van der Waals surface area contributed by atoms with E-state index in [1.54, 1.807) is 6.92 Å². The van der Waals surface area contributed by atoms with Crippen LogP contribution in [0.4, 0.5) is 0 Å². The van der Waals surface area contributed by atoms with E-state index in [4.69, 9.17) is 4.43 Å². The Hall–Kier alpha value is -1.09.